The second-order valence-corrected chi connectivity index (χ2v) is 5.56. The fourth-order valence-electron chi connectivity index (χ4n) is 2.22. The van der Waals surface area contributed by atoms with Crippen LogP contribution in [0.15, 0.2) is 16.7 Å². The van der Waals surface area contributed by atoms with Gasteiger partial charge in [-0.15, -0.1) is 0 Å². The molecule has 0 unspecified atom stereocenters. The van der Waals surface area contributed by atoms with Crippen molar-refractivity contribution in [2.75, 3.05) is 24.6 Å². The lowest BCUT2D eigenvalue weighted by molar-refractivity contribution is -0.384. The van der Waals surface area contributed by atoms with Crippen molar-refractivity contribution in [2.45, 2.75) is 18.9 Å². The van der Waals surface area contributed by atoms with Crippen LogP contribution in [0.2, 0.25) is 0 Å². The van der Waals surface area contributed by atoms with Gasteiger partial charge in [0, 0.05) is 29.8 Å². The maximum absolute atomic E-state index is 11.1. The van der Waals surface area contributed by atoms with E-state index in [1.54, 1.807) is 0 Å². The standard InChI is InChI=1S/C12H14BrN3O5/c13-8-5-10(16(19)20)12(14-6-8)15-3-1-9(2-4-15)21-7-11(17)18/h5-6,9H,1-4,7H2,(H,17,18). The number of piperidine rings is 1. The molecule has 1 fully saturated rings. The van der Waals surface area contributed by atoms with Crippen LogP contribution in [-0.2, 0) is 9.53 Å². The van der Waals surface area contributed by atoms with Gasteiger partial charge in [-0.05, 0) is 28.8 Å². The number of hydrogen-bond acceptors (Lipinski definition) is 6. The zero-order chi connectivity index (χ0) is 15.4. The molecule has 1 aromatic rings. The summed E-state index contributed by atoms with van der Waals surface area (Å²) in [5.41, 5.74) is -0.0470. The van der Waals surface area contributed by atoms with Crippen molar-refractivity contribution >= 4 is 33.4 Å². The lowest BCUT2D eigenvalue weighted by atomic mass is 10.1. The largest absolute Gasteiger partial charge is 0.480 e. The van der Waals surface area contributed by atoms with Gasteiger partial charge >= 0.3 is 11.7 Å². The summed E-state index contributed by atoms with van der Waals surface area (Å²) in [6.07, 6.45) is 2.62. The Morgan fingerprint density at radius 3 is 2.81 bits per heavy atom. The highest BCUT2D eigenvalue weighted by Crippen LogP contribution is 2.30. The molecule has 1 N–H and O–H groups in total. The molecule has 0 bridgehead atoms. The molecule has 114 valence electrons. The van der Waals surface area contributed by atoms with E-state index in [0.717, 1.165) is 0 Å². The van der Waals surface area contributed by atoms with Crippen molar-refractivity contribution in [1.82, 2.24) is 4.98 Å². The monoisotopic (exact) mass is 359 g/mol. The molecule has 1 aliphatic heterocycles. The highest BCUT2D eigenvalue weighted by molar-refractivity contribution is 9.10. The maximum Gasteiger partial charge on any atom is 0.329 e. The molecule has 1 aromatic heterocycles. The fourth-order valence-corrected chi connectivity index (χ4v) is 2.54. The molecule has 21 heavy (non-hydrogen) atoms. The third-order valence-electron chi connectivity index (χ3n) is 3.19. The summed E-state index contributed by atoms with van der Waals surface area (Å²) in [5.74, 6) is -0.664. The number of halogens is 1. The molecule has 9 heteroatoms. The summed E-state index contributed by atoms with van der Waals surface area (Å²) in [6, 6.07) is 1.43. The van der Waals surface area contributed by atoms with E-state index in [9.17, 15) is 14.9 Å². The van der Waals surface area contributed by atoms with Crippen molar-refractivity contribution in [3.8, 4) is 0 Å². The van der Waals surface area contributed by atoms with Gasteiger partial charge in [0.2, 0.25) is 5.82 Å². The van der Waals surface area contributed by atoms with Gasteiger partial charge in [0.05, 0.1) is 11.0 Å². The van der Waals surface area contributed by atoms with Crippen LogP contribution in [0.1, 0.15) is 12.8 Å². The molecule has 0 aromatic carbocycles. The van der Waals surface area contributed by atoms with Crippen LogP contribution in [0.3, 0.4) is 0 Å². The Kier molecular flexibility index (Phi) is 5.07. The highest BCUT2D eigenvalue weighted by Gasteiger charge is 2.26. The van der Waals surface area contributed by atoms with Crippen molar-refractivity contribution in [2.24, 2.45) is 0 Å². The number of aromatic nitrogens is 1. The molecular weight excluding hydrogens is 346 g/mol. The Labute approximate surface area is 129 Å². The number of aliphatic carboxylic acids is 1. The third-order valence-corrected chi connectivity index (χ3v) is 3.63. The minimum Gasteiger partial charge on any atom is -0.480 e. The van der Waals surface area contributed by atoms with E-state index >= 15 is 0 Å². The van der Waals surface area contributed by atoms with E-state index < -0.39 is 10.9 Å². The van der Waals surface area contributed by atoms with Crippen LogP contribution >= 0.6 is 15.9 Å². The third kappa shape index (κ3) is 4.11. The second-order valence-electron chi connectivity index (χ2n) is 4.64. The zero-order valence-electron chi connectivity index (χ0n) is 11.1. The average molecular weight is 360 g/mol. The van der Waals surface area contributed by atoms with E-state index in [1.807, 2.05) is 4.90 Å². The summed E-state index contributed by atoms with van der Waals surface area (Å²) < 4.78 is 5.79. The Morgan fingerprint density at radius 1 is 1.57 bits per heavy atom. The minimum atomic E-state index is -0.998. The van der Waals surface area contributed by atoms with E-state index in [4.69, 9.17) is 9.84 Å². The van der Waals surface area contributed by atoms with E-state index in [0.29, 0.717) is 36.2 Å². The Bertz CT molecular complexity index is 546. The number of ether oxygens (including phenoxy) is 1. The van der Waals surface area contributed by atoms with E-state index in [-0.39, 0.29) is 18.4 Å². The summed E-state index contributed by atoms with van der Waals surface area (Å²) in [6.45, 7) is 0.765. The number of carboxylic acids is 1. The van der Waals surface area contributed by atoms with Gasteiger partial charge in [-0.1, -0.05) is 0 Å². The Balaban J connectivity index is 2.02. The smallest absolute Gasteiger partial charge is 0.329 e. The van der Waals surface area contributed by atoms with Crippen molar-refractivity contribution in [1.29, 1.82) is 0 Å². The predicted octanol–water partition coefficient (Wildman–Crippen LogP) is 1.82. The SMILES string of the molecule is O=C(O)COC1CCN(c2ncc(Br)cc2[N+](=O)[O-])CC1. The Hall–Kier alpha value is -1.74. The van der Waals surface area contributed by atoms with E-state index in [1.165, 1.54) is 12.3 Å². The first-order valence-corrected chi connectivity index (χ1v) is 7.15. The molecule has 8 nitrogen and oxygen atoms in total. The molecule has 1 aliphatic rings. The first-order valence-electron chi connectivity index (χ1n) is 6.35. The van der Waals surface area contributed by atoms with Crippen LogP contribution in [0, 0.1) is 10.1 Å². The lowest BCUT2D eigenvalue weighted by Gasteiger charge is -2.32. The van der Waals surface area contributed by atoms with Crippen LogP contribution in [0.25, 0.3) is 0 Å². The highest BCUT2D eigenvalue weighted by atomic mass is 79.9. The number of carboxylic acid groups (broad SMARTS) is 1. The number of pyridine rings is 1. The molecule has 0 saturated carbocycles. The minimum absolute atomic E-state index is 0.0470. The topological polar surface area (TPSA) is 106 Å². The van der Waals surface area contributed by atoms with Crippen LogP contribution in [0.4, 0.5) is 11.5 Å². The van der Waals surface area contributed by atoms with Crippen molar-refractivity contribution in [3.63, 3.8) is 0 Å². The van der Waals surface area contributed by atoms with E-state index in [2.05, 4.69) is 20.9 Å². The lowest BCUT2D eigenvalue weighted by Crippen LogP contribution is -2.38. The molecule has 2 rings (SSSR count). The molecule has 0 aliphatic carbocycles. The number of anilines is 1. The Morgan fingerprint density at radius 2 is 2.24 bits per heavy atom. The van der Waals surface area contributed by atoms with Gasteiger partial charge in [0.1, 0.15) is 6.61 Å². The quantitative estimate of drug-likeness (QED) is 0.631. The van der Waals surface area contributed by atoms with Gasteiger partial charge in [0.15, 0.2) is 0 Å². The van der Waals surface area contributed by atoms with Crippen LogP contribution in [0.5, 0.6) is 0 Å². The van der Waals surface area contributed by atoms with Gasteiger partial charge in [-0.2, -0.15) is 0 Å². The first kappa shape index (κ1) is 15.6. The van der Waals surface area contributed by atoms with Gasteiger partial charge < -0.3 is 14.7 Å². The first-order chi connectivity index (χ1) is 9.97. The average Bonchev–Trinajstić information content (AvgIpc) is 2.45. The molecule has 0 atom stereocenters. The fraction of sp³-hybridized carbons (Fsp3) is 0.500. The molecule has 0 spiro atoms. The summed E-state index contributed by atoms with van der Waals surface area (Å²) in [7, 11) is 0. The summed E-state index contributed by atoms with van der Waals surface area (Å²) in [4.78, 5) is 27.0. The molecule has 2 heterocycles. The summed E-state index contributed by atoms with van der Waals surface area (Å²) in [5, 5.41) is 19.7. The molecule has 0 amide bonds. The van der Waals surface area contributed by atoms with Gasteiger partial charge in [-0.25, -0.2) is 9.78 Å². The number of hydrogen-bond donors (Lipinski definition) is 1. The number of carbonyl (C=O) groups is 1. The summed E-state index contributed by atoms with van der Waals surface area (Å²) >= 11 is 3.17. The van der Waals surface area contributed by atoms with Crippen LogP contribution < -0.4 is 4.90 Å². The van der Waals surface area contributed by atoms with Crippen molar-refractivity contribution < 1.29 is 19.6 Å². The predicted molar refractivity (Wildman–Crippen MR) is 77.4 cm³/mol. The molecule has 1 saturated heterocycles. The van der Waals surface area contributed by atoms with Gasteiger partial charge in [-0.3, -0.25) is 10.1 Å². The maximum atomic E-state index is 11.1. The number of nitro groups is 1. The van der Waals surface area contributed by atoms with Crippen molar-refractivity contribution in [3.05, 3.63) is 26.9 Å². The zero-order valence-corrected chi connectivity index (χ0v) is 12.7. The van der Waals surface area contributed by atoms with Gasteiger partial charge in [0.25, 0.3) is 0 Å². The molecular formula is C12H14BrN3O5. The number of nitrogens with zero attached hydrogens (tertiary/aromatic N) is 3. The molecule has 0 radical (unpaired) electrons. The van der Waals surface area contributed by atoms with Crippen LogP contribution in [-0.4, -0.2) is 46.8 Å². The normalized spacial score (nSPS) is 16.0. The number of rotatable bonds is 5. The second kappa shape index (κ2) is 6.81.